The zero-order chi connectivity index (χ0) is 13.5. The fraction of sp³-hybridized carbons (Fsp3) is 0.400. The maximum atomic E-state index is 4.24. The van der Waals surface area contributed by atoms with E-state index in [0.717, 1.165) is 26.1 Å². The highest BCUT2D eigenvalue weighted by atomic mass is 32.1. The van der Waals surface area contributed by atoms with Crippen LogP contribution in [0.25, 0.3) is 0 Å². The molecule has 0 bridgehead atoms. The standard InChI is InChI=1S/C15H21N3S/c1-3-6-16-9-14-10-17-7-4-15(14)18(2)11-13-5-8-19-12-13/h4-5,7-8,10,12,16H,3,6,9,11H2,1-2H3. The van der Waals surface area contributed by atoms with Gasteiger partial charge >= 0.3 is 0 Å². The summed E-state index contributed by atoms with van der Waals surface area (Å²) in [6.07, 6.45) is 4.98. The van der Waals surface area contributed by atoms with Gasteiger partial charge in [-0.25, -0.2) is 0 Å². The summed E-state index contributed by atoms with van der Waals surface area (Å²) in [5.41, 5.74) is 3.87. The normalized spacial score (nSPS) is 10.6. The summed E-state index contributed by atoms with van der Waals surface area (Å²) in [5, 5.41) is 7.77. The van der Waals surface area contributed by atoms with Crippen molar-refractivity contribution in [1.82, 2.24) is 10.3 Å². The van der Waals surface area contributed by atoms with E-state index in [1.807, 2.05) is 12.4 Å². The van der Waals surface area contributed by atoms with Crippen molar-refractivity contribution in [2.75, 3.05) is 18.5 Å². The Morgan fingerprint density at radius 3 is 3.00 bits per heavy atom. The smallest absolute Gasteiger partial charge is 0.0443 e. The molecule has 0 saturated heterocycles. The Bertz CT molecular complexity index is 482. The van der Waals surface area contributed by atoms with Crippen molar-refractivity contribution >= 4 is 17.0 Å². The molecule has 0 atom stereocenters. The first-order valence-corrected chi connectivity index (χ1v) is 7.61. The van der Waals surface area contributed by atoms with Gasteiger partial charge in [-0.1, -0.05) is 6.92 Å². The number of hydrogen-bond acceptors (Lipinski definition) is 4. The Balaban J connectivity index is 2.05. The molecular weight excluding hydrogens is 254 g/mol. The van der Waals surface area contributed by atoms with Gasteiger partial charge in [-0.3, -0.25) is 4.98 Å². The van der Waals surface area contributed by atoms with E-state index < -0.39 is 0 Å². The predicted octanol–water partition coefficient (Wildman–Crippen LogP) is 3.28. The fourth-order valence-corrected chi connectivity index (χ4v) is 2.73. The van der Waals surface area contributed by atoms with Gasteiger partial charge in [0.15, 0.2) is 0 Å². The molecule has 2 aromatic rings. The molecule has 4 heteroatoms. The zero-order valence-electron chi connectivity index (χ0n) is 11.6. The van der Waals surface area contributed by atoms with Crippen molar-refractivity contribution in [3.63, 3.8) is 0 Å². The highest BCUT2D eigenvalue weighted by Crippen LogP contribution is 2.20. The zero-order valence-corrected chi connectivity index (χ0v) is 12.4. The molecule has 1 N–H and O–H groups in total. The van der Waals surface area contributed by atoms with Gasteiger partial charge in [0.2, 0.25) is 0 Å². The van der Waals surface area contributed by atoms with Crippen molar-refractivity contribution < 1.29 is 0 Å². The van der Waals surface area contributed by atoms with E-state index >= 15 is 0 Å². The summed E-state index contributed by atoms with van der Waals surface area (Å²) in [7, 11) is 2.14. The summed E-state index contributed by atoms with van der Waals surface area (Å²) in [4.78, 5) is 6.52. The minimum atomic E-state index is 0.880. The maximum Gasteiger partial charge on any atom is 0.0443 e. The van der Waals surface area contributed by atoms with Crippen molar-refractivity contribution in [2.45, 2.75) is 26.4 Å². The summed E-state index contributed by atoms with van der Waals surface area (Å²) < 4.78 is 0. The molecule has 19 heavy (non-hydrogen) atoms. The molecule has 102 valence electrons. The highest BCUT2D eigenvalue weighted by Gasteiger charge is 2.08. The molecule has 0 aromatic carbocycles. The van der Waals surface area contributed by atoms with Gasteiger partial charge < -0.3 is 10.2 Å². The molecule has 0 spiro atoms. The Labute approximate surface area is 119 Å². The van der Waals surface area contributed by atoms with Gasteiger partial charge in [0.1, 0.15) is 0 Å². The fourth-order valence-electron chi connectivity index (χ4n) is 2.07. The van der Waals surface area contributed by atoms with Crippen molar-refractivity contribution in [1.29, 1.82) is 0 Å². The number of anilines is 1. The van der Waals surface area contributed by atoms with Crippen LogP contribution in [0.2, 0.25) is 0 Å². The summed E-state index contributed by atoms with van der Waals surface area (Å²) >= 11 is 1.75. The lowest BCUT2D eigenvalue weighted by Crippen LogP contribution is -2.21. The molecule has 2 heterocycles. The molecule has 2 rings (SSSR count). The van der Waals surface area contributed by atoms with Crippen LogP contribution in [0.3, 0.4) is 0 Å². The molecule has 0 aliphatic rings. The second kappa shape index (κ2) is 7.26. The van der Waals surface area contributed by atoms with Crippen LogP contribution < -0.4 is 10.2 Å². The number of rotatable bonds is 7. The first kappa shape index (κ1) is 14.0. The number of pyridine rings is 1. The van der Waals surface area contributed by atoms with Crippen LogP contribution in [0.1, 0.15) is 24.5 Å². The molecule has 0 unspecified atom stereocenters. The summed E-state index contributed by atoms with van der Waals surface area (Å²) in [6.45, 7) is 5.04. The number of aromatic nitrogens is 1. The van der Waals surface area contributed by atoms with Gasteiger partial charge in [0.25, 0.3) is 0 Å². The van der Waals surface area contributed by atoms with Crippen LogP contribution >= 0.6 is 11.3 Å². The molecule has 3 nitrogen and oxygen atoms in total. The Kier molecular flexibility index (Phi) is 5.36. The summed E-state index contributed by atoms with van der Waals surface area (Å²) in [6, 6.07) is 4.27. The van der Waals surface area contributed by atoms with E-state index in [4.69, 9.17) is 0 Å². The lowest BCUT2D eigenvalue weighted by Gasteiger charge is -2.22. The SMILES string of the molecule is CCCNCc1cnccc1N(C)Cc1ccsc1. The monoisotopic (exact) mass is 275 g/mol. The van der Waals surface area contributed by atoms with E-state index in [-0.39, 0.29) is 0 Å². The molecule has 2 aromatic heterocycles. The van der Waals surface area contributed by atoms with Crippen LogP contribution in [0.5, 0.6) is 0 Å². The third kappa shape index (κ3) is 4.04. The van der Waals surface area contributed by atoms with Gasteiger partial charge in [0.05, 0.1) is 0 Å². The quantitative estimate of drug-likeness (QED) is 0.786. The van der Waals surface area contributed by atoms with E-state index in [9.17, 15) is 0 Å². The largest absolute Gasteiger partial charge is 0.370 e. The molecule has 0 saturated carbocycles. The third-order valence-corrected chi connectivity index (χ3v) is 3.76. The molecule has 0 fully saturated rings. The van der Waals surface area contributed by atoms with Crippen molar-refractivity contribution in [2.24, 2.45) is 0 Å². The highest BCUT2D eigenvalue weighted by molar-refractivity contribution is 7.07. The maximum absolute atomic E-state index is 4.24. The Morgan fingerprint density at radius 2 is 2.26 bits per heavy atom. The van der Waals surface area contributed by atoms with Crippen LogP contribution in [0, 0.1) is 0 Å². The molecule has 0 amide bonds. The second-order valence-corrected chi connectivity index (χ2v) is 5.45. The lowest BCUT2D eigenvalue weighted by atomic mass is 10.2. The summed E-state index contributed by atoms with van der Waals surface area (Å²) in [5.74, 6) is 0. The van der Waals surface area contributed by atoms with Crippen LogP contribution in [-0.4, -0.2) is 18.6 Å². The molecular formula is C15H21N3S. The molecule has 0 aliphatic heterocycles. The van der Waals surface area contributed by atoms with E-state index in [2.05, 4.69) is 52.1 Å². The van der Waals surface area contributed by atoms with Crippen LogP contribution in [0.4, 0.5) is 5.69 Å². The number of nitrogens with zero attached hydrogens (tertiary/aromatic N) is 2. The Hall–Kier alpha value is -1.39. The average Bonchev–Trinajstić information content (AvgIpc) is 2.92. The van der Waals surface area contributed by atoms with Gasteiger partial charge in [-0.05, 0) is 41.4 Å². The first-order valence-electron chi connectivity index (χ1n) is 6.67. The second-order valence-electron chi connectivity index (χ2n) is 4.67. The predicted molar refractivity (Wildman–Crippen MR) is 82.7 cm³/mol. The van der Waals surface area contributed by atoms with E-state index in [1.54, 1.807) is 11.3 Å². The van der Waals surface area contributed by atoms with Gasteiger partial charge in [0, 0.05) is 43.8 Å². The average molecular weight is 275 g/mol. The Morgan fingerprint density at radius 1 is 1.37 bits per heavy atom. The first-order chi connectivity index (χ1) is 9.31. The lowest BCUT2D eigenvalue weighted by molar-refractivity contribution is 0.672. The van der Waals surface area contributed by atoms with Crippen LogP contribution in [0.15, 0.2) is 35.3 Å². The van der Waals surface area contributed by atoms with Crippen LogP contribution in [-0.2, 0) is 13.1 Å². The van der Waals surface area contributed by atoms with E-state index in [1.165, 1.54) is 16.8 Å². The topological polar surface area (TPSA) is 28.2 Å². The third-order valence-electron chi connectivity index (χ3n) is 3.03. The molecule has 0 aliphatic carbocycles. The minimum absolute atomic E-state index is 0.880. The van der Waals surface area contributed by atoms with Crippen molar-refractivity contribution in [3.8, 4) is 0 Å². The molecule has 0 radical (unpaired) electrons. The minimum Gasteiger partial charge on any atom is -0.370 e. The van der Waals surface area contributed by atoms with Gasteiger partial charge in [-0.2, -0.15) is 11.3 Å². The van der Waals surface area contributed by atoms with E-state index in [0.29, 0.717) is 0 Å². The van der Waals surface area contributed by atoms with Gasteiger partial charge in [-0.15, -0.1) is 0 Å². The van der Waals surface area contributed by atoms with Crippen molar-refractivity contribution in [3.05, 3.63) is 46.4 Å². The number of hydrogen-bond donors (Lipinski definition) is 1. The number of nitrogens with one attached hydrogen (secondary N) is 1. The number of thiophene rings is 1.